The van der Waals surface area contributed by atoms with Crippen LogP contribution in [0.25, 0.3) is 0 Å². The van der Waals surface area contributed by atoms with Crippen molar-refractivity contribution in [1.29, 1.82) is 0 Å². The van der Waals surface area contributed by atoms with Crippen molar-refractivity contribution in [1.82, 2.24) is 4.98 Å². The van der Waals surface area contributed by atoms with Crippen LogP contribution in [0.4, 0.5) is 0 Å². The predicted molar refractivity (Wildman–Crippen MR) is 171 cm³/mol. The van der Waals surface area contributed by atoms with E-state index in [4.69, 9.17) is 0 Å². The van der Waals surface area contributed by atoms with E-state index in [-0.39, 0.29) is 24.2 Å². The number of nitrogens with one attached hydrogen (secondary N) is 1. The fourth-order valence-electron chi connectivity index (χ4n) is 6.88. The maximum absolute atomic E-state index is 12.0. The average molecular weight is 600 g/mol. The van der Waals surface area contributed by atoms with Gasteiger partial charge in [0.2, 0.25) is 0 Å². The molecule has 0 bridgehead atoms. The lowest BCUT2D eigenvalue weighted by atomic mass is 9.81. The number of aliphatic hydroxyl groups excluding tert-OH is 2. The van der Waals surface area contributed by atoms with Gasteiger partial charge in [-0.1, -0.05) is 83.3 Å². The first-order valence-electron chi connectivity index (χ1n) is 17.0. The second-order valence-corrected chi connectivity index (χ2v) is 13.2. The first-order chi connectivity index (χ1) is 20.7. The summed E-state index contributed by atoms with van der Waals surface area (Å²) in [7, 11) is 0. The molecular formula is C36H57NO6. The second kappa shape index (κ2) is 18.5. The molecule has 2 aromatic rings. The molecule has 43 heavy (non-hydrogen) atoms. The van der Waals surface area contributed by atoms with Crippen molar-refractivity contribution in [3.05, 3.63) is 53.3 Å². The molecule has 0 spiro atoms. The van der Waals surface area contributed by atoms with Gasteiger partial charge in [0.15, 0.2) is 0 Å². The van der Waals surface area contributed by atoms with Crippen LogP contribution in [0.2, 0.25) is 0 Å². The van der Waals surface area contributed by atoms with E-state index in [9.17, 15) is 30.3 Å². The number of aromatic amines is 1. The first kappa shape index (κ1) is 35.1. The molecular weight excluding hydrogens is 542 g/mol. The Morgan fingerprint density at radius 1 is 0.930 bits per heavy atom. The van der Waals surface area contributed by atoms with Gasteiger partial charge in [-0.05, 0) is 93.0 Å². The van der Waals surface area contributed by atoms with Gasteiger partial charge < -0.3 is 30.5 Å². The lowest BCUT2D eigenvalue weighted by Gasteiger charge is -2.32. The number of aromatic nitrogens is 1. The molecule has 5 unspecified atom stereocenters. The number of hydrogen-bond donors (Lipinski definition) is 6. The molecule has 0 radical (unpaired) electrons. The summed E-state index contributed by atoms with van der Waals surface area (Å²) in [6.07, 6.45) is 17.2. The number of aliphatic carboxylic acids is 1. The van der Waals surface area contributed by atoms with Crippen LogP contribution in [0.1, 0.15) is 133 Å². The summed E-state index contributed by atoms with van der Waals surface area (Å²) in [6.45, 7) is 2.20. The summed E-state index contributed by atoms with van der Waals surface area (Å²) in [5.41, 5.74) is 2.44. The zero-order valence-electron chi connectivity index (χ0n) is 26.4. The molecule has 7 nitrogen and oxygen atoms in total. The van der Waals surface area contributed by atoms with Crippen molar-refractivity contribution in [3.63, 3.8) is 0 Å². The zero-order valence-corrected chi connectivity index (χ0v) is 26.4. The summed E-state index contributed by atoms with van der Waals surface area (Å²) in [5, 5.41) is 51.9. The third-order valence-electron chi connectivity index (χ3n) is 9.63. The summed E-state index contributed by atoms with van der Waals surface area (Å²) in [4.78, 5) is 15.3. The first-order valence-corrected chi connectivity index (χ1v) is 17.0. The summed E-state index contributed by atoms with van der Waals surface area (Å²) in [5.74, 6) is -1.46. The van der Waals surface area contributed by atoms with E-state index >= 15 is 0 Å². The SMILES string of the molecule is CCCCCCCC(O)CCCCCCC(C(=O)O)C(O)CCC1(O)CCCC1Cc1cc(Cc2ccc(O)cc2)c[nH]1. The molecule has 1 saturated carbocycles. The minimum absolute atomic E-state index is 0.0647. The van der Waals surface area contributed by atoms with Crippen molar-refractivity contribution in [3.8, 4) is 5.75 Å². The molecule has 3 rings (SSSR count). The number of phenols is 1. The predicted octanol–water partition coefficient (Wildman–Crippen LogP) is 7.29. The number of hydrogen-bond acceptors (Lipinski definition) is 5. The molecule has 1 aromatic carbocycles. The maximum atomic E-state index is 12.0. The molecule has 1 aromatic heterocycles. The zero-order chi connectivity index (χ0) is 31.1. The minimum Gasteiger partial charge on any atom is -0.508 e. The van der Waals surface area contributed by atoms with Crippen molar-refractivity contribution >= 4 is 5.97 Å². The highest BCUT2D eigenvalue weighted by molar-refractivity contribution is 5.70. The lowest BCUT2D eigenvalue weighted by Crippen LogP contribution is -2.37. The second-order valence-electron chi connectivity index (χ2n) is 13.2. The minimum atomic E-state index is -0.972. The molecule has 1 heterocycles. The Morgan fingerprint density at radius 2 is 1.58 bits per heavy atom. The number of unbranched alkanes of at least 4 members (excludes halogenated alkanes) is 7. The quantitative estimate of drug-likeness (QED) is 0.0787. The van der Waals surface area contributed by atoms with Crippen molar-refractivity contribution in [2.75, 3.05) is 0 Å². The molecule has 1 aliphatic rings. The van der Waals surface area contributed by atoms with Gasteiger partial charge in [0.25, 0.3) is 0 Å². The molecule has 5 atom stereocenters. The molecule has 0 aliphatic heterocycles. The number of aromatic hydroxyl groups is 1. The van der Waals surface area contributed by atoms with Crippen molar-refractivity contribution in [2.45, 2.75) is 147 Å². The Bertz CT molecular complexity index is 1050. The van der Waals surface area contributed by atoms with Crippen LogP contribution < -0.4 is 0 Å². The number of H-pyrrole nitrogens is 1. The smallest absolute Gasteiger partial charge is 0.309 e. The number of benzene rings is 1. The molecule has 7 heteroatoms. The summed E-state index contributed by atoms with van der Waals surface area (Å²) >= 11 is 0. The molecule has 1 fully saturated rings. The van der Waals surface area contributed by atoms with E-state index in [0.29, 0.717) is 19.3 Å². The van der Waals surface area contributed by atoms with Crippen LogP contribution in [0.3, 0.4) is 0 Å². The Hall–Kier alpha value is -2.35. The number of phenolic OH excluding ortho intramolecular Hbond substituents is 1. The van der Waals surface area contributed by atoms with Crippen LogP contribution >= 0.6 is 0 Å². The number of carboxylic acid groups (broad SMARTS) is 1. The third-order valence-corrected chi connectivity index (χ3v) is 9.63. The van der Waals surface area contributed by atoms with Crippen LogP contribution in [0, 0.1) is 11.8 Å². The van der Waals surface area contributed by atoms with Gasteiger partial charge in [0, 0.05) is 11.9 Å². The van der Waals surface area contributed by atoms with Gasteiger partial charge in [-0.25, -0.2) is 0 Å². The molecule has 0 saturated heterocycles. The largest absolute Gasteiger partial charge is 0.508 e. The molecule has 6 N–H and O–H groups in total. The fraction of sp³-hybridized carbons (Fsp3) is 0.694. The topological polar surface area (TPSA) is 134 Å². The van der Waals surface area contributed by atoms with Gasteiger partial charge in [0.1, 0.15) is 5.75 Å². The summed E-state index contributed by atoms with van der Waals surface area (Å²) in [6, 6.07) is 9.34. The number of rotatable bonds is 22. The van der Waals surface area contributed by atoms with Crippen LogP contribution in [-0.2, 0) is 17.6 Å². The Labute approximate surface area is 258 Å². The highest BCUT2D eigenvalue weighted by Gasteiger charge is 2.41. The van der Waals surface area contributed by atoms with E-state index in [1.807, 2.05) is 18.3 Å². The standard InChI is InChI=1S/C36H57NO6/c1-2-3-4-5-8-13-31(38)14-9-6-7-10-15-33(35(41)42)34(40)20-22-36(43)21-11-12-29(36)25-30-24-28(26-37-30)23-27-16-18-32(39)19-17-27/h16-19,24,26,29,31,33-34,37-40,43H,2-15,20-23,25H2,1H3,(H,41,42). The van der Waals surface area contributed by atoms with E-state index < -0.39 is 23.6 Å². The van der Waals surface area contributed by atoms with Crippen molar-refractivity contribution < 1.29 is 30.3 Å². The molecule has 1 aliphatic carbocycles. The van der Waals surface area contributed by atoms with Crippen molar-refractivity contribution in [2.24, 2.45) is 11.8 Å². The highest BCUT2D eigenvalue weighted by atomic mass is 16.4. The Balaban J connectivity index is 1.37. The monoisotopic (exact) mass is 599 g/mol. The maximum Gasteiger partial charge on any atom is 0.309 e. The van der Waals surface area contributed by atoms with Gasteiger partial charge in [0.05, 0.1) is 23.7 Å². The van der Waals surface area contributed by atoms with Crippen LogP contribution in [0.15, 0.2) is 36.5 Å². The molecule has 0 amide bonds. The number of carbonyl (C=O) groups is 1. The van der Waals surface area contributed by atoms with E-state index in [2.05, 4.69) is 18.0 Å². The lowest BCUT2D eigenvalue weighted by molar-refractivity contribution is -0.146. The fourth-order valence-corrected chi connectivity index (χ4v) is 6.88. The van der Waals surface area contributed by atoms with Gasteiger partial charge in [-0.15, -0.1) is 0 Å². The molecule has 242 valence electrons. The third kappa shape index (κ3) is 12.3. The average Bonchev–Trinajstić information content (AvgIpc) is 3.58. The van der Waals surface area contributed by atoms with E-state index in [1.54, 1.807) is 12.1 Å². The van der Waals surface area contributed by atoms with Crippen LogP contribution in [0.5, 0.6) is 5.75 Å². The summed E-state index contributed by atoms with van der Waals surface area (Å²) < 4.78 is 0. The van der Waals surface area contributed by atoms with E-state index in [1.165, 1.54) is 25.7 Å². The number of carboxylic acids is 1. The van der Waals surface area contributed by atoms with Crippen LogP contribution in [-0.4, -0.2) is 54.3 Å². The van der Waals surface area contributed by atoms with Gasteiger partial charge >= 0.3 is 5.97 Å². The van der Waals surface area contributed by atoms with Gasteiger partial charge in [-0.2, -0.15) is 0 Å². The Kier molecular flexibility index (Phi) is 15.1. The normalized spacial score (nSPS) is 20.7. The highest BCUT2D eigenvalue weighted by Crippen LogP contribution is 2.41. The Morgan fingerprint density at radius 3 is 2.23 bits per heavy atom. The number of aliphatic hydroxyl groups is 3. The van der Waals surface area contributed by atoms with Gasteiger partial charge in [-0.3, -0.25) is 4.79 Å². The van der Waals surface area contributed by atoms with E-state index in [0.717, 1.165) is 87.4 Å².